The van der Waals surface area contributed by atoms with Crippen molar-refractivity contribution in [2.24, 2.45) is 0 Å². The van der Waals surface area contributed by atoms with Gasteiger partial charge >= 0.3 is 7.82 Å². The summed E-state index contributed by atoms with van der Waals surface area (Å²) < 4.78 is 25.1. The van der Waals surface area contributed by atoms with Gasteiger partial charge in [0.2, 0.25) is 0 Å². The van der Waals surface area contributed by atoms with Crippen LogP contribution in [0.15, 0.2) is 0 Å². The van der Waals surface area contributed by atoms with E-state index in [9.17, 15) is 9.36 Å². The van der Waals surface area contributed by atoms with Gasteiger partial charge in [0.05, 0.1) is 0 Å². The van der Waals surface area contributed by atoms with Crippen molar-refractivity contribution < 1.29 is 22.9 Å². The number of carbonyl (C=O) groups excluding carboxylic acids is 1. The molecule has 0 saturated carbocycles. The number of hydrogen-bond acceptors (Lipinski definition) is 5. The number of ketones is 1. The zero-order chi connectivity index (χ0) is 11.7. The van der Waals surface area contributed by atoms with Gasteiger partial charge in [-0.3, -0.25) is 18.4 Å². The zero-order valence-corrected chi connectivity index (χ0v) is 10.0. The summed E-state index contributed by atoms with van der Waals surface area (Å²) >= 11 is 0. The number of carbonyl (C=O) groups is 1. The van der Waals surface area contributed by atoms with E-state index in [0.717, 1.165) is 0 Å². The van der Waals surface area contributed by atoms with Gasteiger partial charge in [0.25, 0.3) is 0 Å². The molecule has 0 aliphatic rings. The van der Waals surface area contributed by atoms with Gasteiger partial charge in [-0.05, 0) is 6.92 Å². The van der Waals surface area contributed by atoms with Crippen LogP contribution in [0.4, 0.5) is 0 Å². The van der Waals surface area contributed by atoms with Crippen LogP contribution >= 0.6 is 7.82 Å². The first kappa shape index (κ1) is 14.3. The Morgan fingerprint density at radius 1 is 1.33 bits per heavy atom. The molecule has 0 N–H and O–H groups in total. The number of rotatable bonds is 7. The molecule has 0 heterocycles. The Morgan fingerprint density at radius 2 is 1.93 bits per heavy atom. The van der Waals surface area contributed by atoms with Crippen molar-refractivity contribution in [1.82, 2.24) is 0 Å². The van der Waals surface area contributed by atoms with Crippen molar-refractivity contribution in [3.8, 4) is 11.8 Å². The third-order valence-corrected chi connectivity index (χ3v) is 2.88. The van der Waals surface area contributed by atoms with Crippen LogP contribution in [-0.4, -0.2) is 26.6 Å². The highest BCUT2D eigenvalue weighted by Gasteiger charge is 2.23. The van der Waals surface area contributed by atoms with Gasteiger partial charge in [-0.15, -0.1) is 11.8 Å². The molecule has 0 bridgehead atoms. The van der Waals surface area contributed by atoms with Crippen LogP contribution in [0.1, 0.15) is 19.8 Å². The first-order chi connectivity index (χ1) is 7.08. The maximum atomic E-state index is 11.3. The summed E-state index contributed by atoms with van der Waals surface area (Å²) in [7, 11) is -1.15. The Balaban J connectivity index is 3.87. The molecule has 5 nitrogen and oxygen atoms in total. The van der Waals surface area contributed by atoms with Gasteiger partial charge in [0.1, 0.15) is 6.61 Å². The van der Waals surface area contributed by atoms with Crippen molar-refractivity contribution >= 4 is 13.6 Å². The molecule has 0 aliphatic carbocycles. The summed E-state index contributed by atoms with van der Waals surface area (Å²) in [5.41, 5.74) is 0. The minimum absolute atomic E-state index is 0.188. The average molecular weight is 234 g/mol. The molecule has 86 valence electrons. The predicted octanol–water partition coefficient (Wildman–Crippen LogP) is 1.78. The molecule has 0 amide bonds. The number of hydrogen-bond donors (Lipinski definition) is 0. The summed E-state index contributed by atoms with van der Waals surface area (Å²) in [6.45, 7) is 1.41. The Hall–Kier alpha value is -0.660. The van der Waals surface area contributed by atoms with Gasteiger partial charge < -0.3 is 0 Å². The van der Waals surface area contributed by atoms with Crippen molar-refractivity contribution in [2.75, 3.05) is 20.8 Å². The van der Waals surface area contributed by atoms with E-state index in [1.807, 2.05) is 0 Å². The lowest BCUT2D eigenvalue weighted by Gasteiger charge is -2.12. The maximum absolute atomic E-state index is 11.3. The van der Waals surface area contributed by atoms with Crippen molar-refractivity contribution in [3.05, 3.63) is 0 Å². The van der Waals surface area contributed by atoms with Crippen LogP contribution in [0.25, 0.3) is 0 Å². The largest absolute Gasteiger partial charge is 0.474 e. The lowest BCUT2D eigenvalue weighted by molar-refractivity contribution is -0.121. The molecule has 0 radical (unpaired) electrons. The van der Waals surface area contributed by atoms with Crippen LogP contribution in [0.5, 0.6) is 0 Å². The van der Waals surface area contributed by atoms with Crippen LogP contribution in [0.3, 0.4) is 0 Å². The van der Waals surface area contributed by atoms with E-state index in [2.05, 4.69) is 20.9 Å². The molecule has 0 spiro atoms. The summed E-state index contributed by atoms with van der Waals surface area (Å²) in [5, 5.41) is 0. The van der Waals surface area contributed by atoms with Crippen LogP contribution < -0.4 is 0 Å². The van der Waals surface area contributed by atoms with E-state index in [4.69, 9.17) is 4.52 Å². The Morgan fingerprint density at radius 3 is 2.40 bits per heavy atom. The third kappa shape index (κ3) is 6.43. The fraction of sp³-hybridized carbons (Fsp3) is 0.667. The molecular weight excluding hydrogens is 219 g/mol. The van der Waals surface area contributed by atoms with E-state index in [1.54, 1.807) is 6.92 Å². The van der Waals surface area contributed by atoms with E-state index in [0.29, 0.717) is 6.42 Å². The molecule has 0 atom stereocenters. The van der Waals surface area contributed by atoms with Gasteiger partial charge in [-0.25, -0.2) is 4.57 Å². The molecule has 0 aliphatic heterocycles. The fourth-order valence-electron chi connectivity index (χ4n) is 0.730. The molecule has 0 saturated heterocycles. The summed E-state index contributed by atoms with van der Waals surface area (Å²) in [4.78, 5) is 11.2. The summed E-state index contributed by atoms with van der Waals surface area (Å²) in [6, 6.07) is 0. The molecule has 0 aromatic carbocycles. The van der Waals surface area contributed by atoms with Crippen LogP contribution in [0.2, 0.25) is 0 Å². The monoisotopic (exact) mass is 234 g/mol. The fourth-order valence-corrected chi connectivity index (χ4v) is 1.39. The number of phosphoric ester groups is 1. The topological polar surface area (TPSA) is 61.8 Å². The standard InChI is InChI=1S/C9H15O5P/c1-4-5-6-7-9(10)8-14-15(11,12-2)13-3/h6-8H2,1-3H3. The highest BCUT2D eigenvalue weighted by molar-refractivity contribution is 7.48. The molecular formula is C9H15O5P. The minimum Gasteiger partial charge on any atom is -0.297 e. The van der Waals surface area contributed by atoms with Gasteiger partial charge in [-0.2, -0.15) is 0 Å². The first-order valence-corrected chi connectivity index (χ1v) is 5.81. The van der Waals surface area contributed by atoms with Gasteiger partial charge in [0, 0.05) is 27.1 Å². The second kappa shape index (κ2) is 7.61. The zero-order valence-electron chi connectivity index (χ0n) is 9.11. The second-order valence-corrected chi connectivity index (χ2v) is 4.43. The lowest BCUT2D eigenvalue weighted by atomic mass is 10.2. The van der Waals surface area contributed by atoms with Crippen LogP contribution in [-0.2, 0) is 22.9 Å². The molecule has 0 fully saturated rings. The number of phosphoric acid groups is 1. The molecule has 0 aromatic rings. The molecule has 6 heteroatoms. The number of Topliss-reactive ketones (excluding diaryl/α,β-unsaturated/α-hetero) is 1. The normalized spacial score (nSPS) is 10.6. The highest BCUT2D eigenvalue weighted by atomic mass is 31.2. The third-order valence-electron chi connectivity index (χ3n) is 1.54. The van der Waals surface area contributed by atoms with Crippen molar-refractivity contribution in [1.29, 1.82) is 0 Å². The first-order valence-electron chi connectivity index (χ1n) is 4.35. The Kier molecular flexibility index (Phi) is 7.27. The van der Waals surface area contributed by atoms with E-state index in [1.165, 1.54) is 14.2 Å². The quantitative estimate of drug-likeness (QED) is 0.496. The van der Waals surface area contributed by atoms with E-state index >= 15 is 0 Å². The minimum atomic E-state index is -3.53. The Labute approximate surface area is 89.7 Å². The predicted molar refractivity (Wildman–Crippen MR) is 55.3 cm³/mol. The SMILES string of the molecule is CC#CCCC(=O)COP(=O)(OC)OC. The van der Waals surface area contributed by atoms with E-state index in [-0.39, 0.29) is 18.8 Å². The van der Waals surface area contributed by atoms with Crippen molar-refractivity contribution in [3.63, 3.8) is 0 Å². The lowest BCUT2D eigenvalue weighted by Crippen LogP contribution is -2.08. The smallest absolute Gasteiger partial charge is 0.297 e. The summed E-state index contributed by atoms with van der Waals surface area (Å²) in [6.07, 6.45) is 0.747. The highest BCUT2D eigenvalue weighted by Crippen LogP contribution is 2.47. The molecule has 0 unspecified atom stereocenters. The summed E-state index contributed by atoms with van der Waals surface area (Å²) in [5.74, 6) is 5.23. The van der Waals surface area contributed by atoms with Gasteiger partial charge in [0.15, 0.2) is 5.78 Å². The maximum Gasteiger partial charge on any atom is 0.474 e. The Bertz CT molecular complexity index is 293. The van der Waals surface area contributed by atoms with Crippen molar-refractivity contribution in [2.45, 2.75) is 19.8 Å². The molecule has 0 aromatic heterocycles. The van der Waals surface area contributed by atoms with E-state index < -0.39 is 7.82 Å². The molecule has 15 heavy (non-hydrogen) atoms. The van der Waals surface area contributed by atoms with Gasteiger partial charge in [-0.1, -0.05) is 0 Å². The van der Waals surface area contributed by atoms with Crippen LogP contribution in [0, 0.1) is 11.8 Å². The second-order valence-electron chi connectivity index (χ2n) is 2.55. The average Bonchev–Trinajstić information content (AvgIpc) is 2.26. The molecule has 0 rings (SSSR count).